The molecule has 0 aliphatic carbocycles. The molecule has 0 radical (unpaired) electrons. The van der Waals surface area contributed by atoms with Gasteiger partial charge in [0.2, 0.25) is 0 Å². The van der Waals surface area contributed by atoms with Crippen molar-refractivity contribution in [2.45, 2.75) is 58.1 Å². The normalized spacial score (nSPS) is 16.3. The fourth-order valence-corrected chi connectivity index (χ4v) is 6.60. The quantitative estimate of drug-likeness (QED) is 0.274. The van der Waals surface area contributed by atoms with Gasteiger partial charge in [-0.05, 0) is 70.7 Å². The van der Waals surface area contributed by atoms with Crippen LogP contribution >= 0.6 is 0 Å². The highest BCUT2D eigenvalue weighted by atomic mass is 16.6. The monoisotopic (exact) mass is 664 g/mol. The number of benzene rings is 1. The van der Waals surface area contributed by atoms with E-state index in [0.29, 0.717) is 49.6 Å². The molecule has 0 unspecified atom stereocenters. The van der Waals surface area contributed by atoms with Crippen LogP contribution in [0.15, 0.2) is 67.1 Å². The Morgan fingerprint density at radius 2 is 1.69 bits per heavy atom. The van der Waals surface area contributed by atoms with Crippen LogP contribution in [0.2, 0.25) is 0 Å². The summed E-state index contributed by atoms with van der Waals surface area (Å²) in [4.78, 5) is 36.8. The number of carbonyl (C=O) groups excluding carboxylic acids is 2. The summed E-state index contributed by atoms with van der Waals surface area (Å²) in [5.74, 6) is 1.52. The maximum atomic E-state index is 13.7. The van der Waals surface area contributed by atoms with Crippen molar-refractivity contribution in [1.29, 1.82) is 5.26 Å². The third-order valence-corrected chi connectivity index (χ3v) is 9.10. The second-order valence-electron chi connectivity index (χ2n) is 13.7. The van der Waals surface area contributed by atoms with E-state index in [2.05, 4.69) is 33.5 Å². The van der Waals surface area contributed by atoms with Crippen LogP contribution in [0.25, 0.3) is 16.6 Å². The Balaban J connectivity index is 1.15. The van der Waals surface area contributed by atoms with E-state index in [1.807, 2.05) is 70.3 Å². The van der Waals surface area contributed by atoms with Crippen molar-refractivity contribution < 1.29 is 19.1 Å². The second-order valence-corrected chi connectivity index (χ2v) is 13.7. The molecule has 3 aromatic heterocycles. The number of fused-ring (bicyclic) bond motifs is 1. The van der Waals surface area contributed by atoms with Crippen LogP contribution in [0.5, 0.6) is 5.75 Å². The van der Waals surface area contributed by atoms with Gasteiger partial charge in [0, 0.05) is 62.1 Å². The third-order valence-electron chi connectivity index (χ3n) is 9.10. The molecule has 1 aromatic carbocycles. The molecule has 6 rings (SSSR count). The van der Waals surface area contributed by atoms with Crippen LogP contribution in [0.3, 0.4) is 0 Å². The maximum Gasteiger partial charge on any atom is 0.410 e. The summed E-state index contributed by atoms with van der Waals surface area (Å²) in [7, 11) is 0. The van der Waals surface area contributed by atoms with E-state index < -0.39 is 11.1 Å². The first-order valence-corrected chi connectivity index (χ1v) is 16.9. The molecule has 2 aliphatic rings. The fourth-order valence-electron chi connectivity index (χ4n) is 6.60. The lowest BCUT2D eigenvalue weighted by Crippen LogP contribution is -2.61. The predicted molar refractivity (Wildman–Crippen MR) is 187 cm³/mol. The van der Waals surface area contributed by atoms with Gasteiger partial charge in [0.25, 0.3) is 0 Å². The van der Waals surface area contributed by atoms with Gasteiger partial charge in [0.15, 0.2) is 0 Å². The predicted octanol–water partition coefficient (Wildman–Crippen LogP) is 5.51. The minimum atomic E-state index is -0.563. The number of aromatic nitrogens is 3. The summed E-state index contributed by atoms with van der Waals surface area (Å²) in [6.45, 7) is 11.2. The molecular weight excluding hydrogens is 620 g/mol. The summed E-state index contributed by atoms with van der Waals surface area (Å²) in [6.07, 6.45) is 7.04. The number of nitrogens with zero attached hydrogens (tertiary/aromatic N) is 7. The van der Waals surface area contributed by atoms with Gasteiger partial charge in [-0.15, -0.1) is 0 Å². The van der Waals surface area contributed by atoms with Crippen molar-refractivity contribution >= 4 is 23.5 Å². The van der Waals surface area contributed by atoms with Crippen LogP contribution in [-0.4, -0.2) is 93.5 Å². The lowest BCUT2D eigenvalue weighted by atomic mass is 9.81. The number of anilines is 1. The molecule has 0 bridgehead atoms. The standard InChI is InChI=1S/C37H44N8O4/c1-5-48-30-21-31(33-29(23-38)25-40-45(33)26-30)28-11-12-32(39-24-28)42-15-13-37(14-16-42,22-27-9-7-6-8-10-27)41-34(46)43-17-19-44(20-18-43)35(47)49-36(2,3)4/h6-12,21,24-26H,5,13-20,22H2,1-4H3,(H,41,46). The number of piperidine rings is 1. The van der Waals surface area contributed by atoms with Crippen LogP contribution < -0.4 is 15.0 Å². The van der Waals surface area contributed by atoms with Crippen LogP contribution in [-0.2, 0) is 11.2 Å². The zero-order valence-corrected chi connectivity index (χ0v) is 28.7. The topological polar surface area (TPSA) is 128 Å². The zero-order chi connectivity index (χ0) is 34.6. The number of carbonyl (C=O) groups is 2. The van der Waals surface area contributed by atoms with Crippen molar-refractivity contribution in [3.8, 4) is 22.9 Å². The van der Waals surface area contributed by atoms with E-state index >= 15 is 0 Å². The van der Waals surface area contributed by atoms with E-state index in [9.17, 15) is 14.9 Å². The van der Waals surface area contributed by atoms with E-state index in [-0.39, 0.29) is 12.1 Å². The Labute approximate surface area is 287 Å². The molecule has 49 heavy (non-hydrogen) atoms. The molecule has 0 atom stereocenters. The van der Waals surface area contributed by atoms with Crippen molar-refractivity contribution in [2.75, 3.05) is 50.8 Å². The Morgan fingerprint density at radius 1 is 0.980 bits per heavy atom. The van der Waals surface area contributed by atoms with E-state index in [4.69, 9.17) is 14.5 Å². The molecule has 0 saturated carbocycles. The number of rotatable bonds is 7. The molecule has 2 aliphatic heterocycles. The zero-order valence-electron chi connectivity index (χ0n) is 28.7. The Hall–Kier alpha value is -5.31. The van der Waals surface area contributed by atoms with Gasteiger partial charge < -0.3 is 29.5 Å². The number of pyridine rings is 2. The molecule has 1 N–H and O–H groups in total. The Morgan fingerprint density at radius 3 is 2.33 bits per heavy atom. The van der Waals surface area contributed by atoms with Crippen molar-refractivity contribution in [1.82, 2.24) is 29.7 Å². The van der Waals surface area contributed by atoms with E-state index in [1.54, 1.807) is 26.7 Å². The van der Waals surface area contributed by atoms with Gasteiger partial charge in [-0.25, -0.2) is 19.1 Å². The van der Waals surface area contributed by atoms with Gasteiger partial charge in [0.1, 0.15) is 23.2 Å². The molecule has 0 spiro atoms. The SMILES string of the molecule is CCOc1cc(-c2ccc(N3CCC(Cc4ccccc4)(NC(=O)N4CCN(C(=O)OC(C)(C)C)CC4)CC3)nc2)c2c(C#N)cnn2c1. The fraction of sp³-hybridized carbons (Fsp3) is 0.432. The lowest BCUT2D eigenvalue weighted by Gasteiger charge is -2.44. The average Bonchev–Trinajstić information content (AvgIpc) is 3.51. The number of urea groups is 1. The Bertz CT molecular complexity index is 1810. The molecular formula is C37H44N8O4. The third kappa shape index (κ3) is 7.72. The molecule has 256 valence electrons. The molecule has 5 heterocycles. The first-order valence-electron chi connectivity index (χ1n) is 16.9. The number of hydrogen-bond donors (Lipinski definition) is 1. The highest BCUT2D eigenvalue weighted by Gasteiger charge is 2.38. The van der Waals surface area contributed by atoms with Crippen molar-refractivity contribution in [3.05, 3.63) is 78.2 Å². The molecule has 4 aromatic rings. The largest absolute Gasteiger partial charge is 0.492 e. The summed E-state index contributed by atoms with van der Waals surface area (Å²) in [5, 5.41) is 17.5. The Kier molecular flexibility index (Phi) is 9.62. The number of nitriles is 1. The highest BCUT2D eigenvalue weighted by molar-refractivity contribution is 5.85. The number of piperazine rings is 1. The first-order chi connectivity index (χ1) is 23.6. The first kappa shape index (κ1) is 33.6. The van der Waals surface area contributed by atoms with E-state index in [0.717, 1.165) is 49.3 Å². The van der Waals surface area contributed by atoms with Crippen LogP contribution in [0.4, 0.5) is 15.4 Å². The summed E-state index contributed by atoms with van der Waals surface area (Å²) in [5.41, 5.74) is 3.07. The van der Waals surface area contributed by atoms with E-state index in [1.165, 1.54) is 5.56 Å². The van der Waals surface area contributed by atoms with Crippen LogP contribution in [0.1, 0.15) is 51.7 Å². The van der Waals surface area contributed by atoms with Crippen molar-refractivity contribution in [3.63, 3.8) is 0 Å². The second kappa shape index (κ2) is 14.0. The molecule has 2 fully saturated rings. The minimum Gasteiger partial charge on any atom is -0.492 e. The smallest absolute Gasteiger partial charge is 0.410 e. The molecule has 12 heteroatoms. The lowest BCUT2D eigenvalue weighted by molar-refractivity contribution is 0.0166. The average molecular weight is 665 g/mol. The number of ether oxygens (including phenoxy) is 2. The number of hydrogen-bond acceptors (Lipinski definition) is 8. The number of amides is 3. The summed E-state index contributed by atoms with van der Waals surface area (Å²) in [6, 6.07) is 18.4. The summed E-state index contributed by atoms with van der Waals surface area (Å²) < 4.78 is 13.0. The van der Waals surface area contributed by atoms with Gasteiger partial charge in [-0.1, -0.05) is 30.3 Å². The molecule has 2 saturated heterocycles. The minimum absolute atomic E-state index is 0.104. The summed E-state index contributed by atoms with van der Waals surface area (Å²) >= 11 is 0. The van der Waals surface area contributed by atoms with Crippen molar-refractivity contribution in [2.24, 2.45) is 0 Å². The van der Waals surface area contributed by atoms with Gasteiger partial charge >= 0.3 is 12.1 Å². The maximum absolute atomic E-state index is 13.7. The highest BCUT2D eigenvalue weighted by Crippen LogP contribution is 2.33. The number of nitrogens with one attached hydrogen (secondary N) is 1. The van der Waals surface area contributed by atoms with Gasteiger partial charge in [0.05, 0.1) is 30.1 Å². The molecule has 3 amide bonds. The van der Waals surface area contributed by atoms with Gasteiger partial charge in [-0.3, -0.25) is 0 Å². The molecule has 12 nitrogen and oxygen atoms in total. The van der Waals surface area contributed by atoms with Gasteiger partial charge in [-0.2, -0.15) is 10.4 Å². The van der Waals surface area contributed by atoms with Crippen LogP contribution in [0, 0.1) is 11.3 Å².